The summed E-state index contributed by atoms with van der Waals surface area (Å²) < 4.78 is 22.0. The molecule has 31 heavy (non-hydrogen) atoms. The number of rotatable bonds is 4. The largest absolute Gasteiger partial charge is 0.508 e. The molecule has 0 amide bonds. The Morgan fingerprint density at radius 1 is 1.03 bits per heavy atom. The second kappa shape index (κ2) is 9.41. The third-order valence-corrected chi connectivity index (χ3v) is 6.82. The Morgan fingerprint density at radius 3 is 2.42 bits per heavy atom. The Morgan fingerprint density at radius 2 is 1.77 bits per heavy atom. The van der Waals surface area contributed by atoms with Crippen LogP contribution in [0.2, 0.25) is 0 Å². The van der Waals surface area contributed by atoms with Crippen LogP contribution in [0.1, 0.15) is 54.8 Å². The molecule has 1 saturated carbocycles. The number of aliphatic hydroxyl groups excluding tert-OH is 1. The highest BCUT2D eigenvalue weighted by atomic mass is 19.1. The highest BCUT2D eigenvalue weighted by Gasteiger charge is 2.29. The summed E-state index contributed by atoms with van der Waals surface area (Å²) >= 11 is 0. The molecule has 0 unspecified atom stereocenters. The van der Waals surface area contributed by atoms with Crippen molar-refractivity contribution in [2.24, 2.45) is 5.92 Å². The SMILES string of the molecule is CO.Cc1cc(-n2c(C3CCOCC3)c(CC3CCC3)c3cc(O)ccc32)ccc1F. The quantitative estimate of drug-likeness (QED) is 0.570. The number of fused-ring (bicyclic) bond motifs is 1. The maximum atomic E-state index is 14.0. The van der Waals surface area contributed by atoms with Gasteiger partial charge in [0.2, 0.25) is 0 Å². The molecule has 2 aliphatic rings. The van der Waals surface area contributed by atoms with E-state index < -0.39 is 0 Å². The van der Waals surface area contributed by atoms with Gasteiger partial charge in [0.05, 0.1) is 5.52 Å². The van der Waals surface area contributed by atoms with E-state index >= 15 is 0 Å². The smallest absolute Gasteiger partial charge is 0.126 e. The number of aryl methyl sites for hydroxylation is 1. The number of aliphatic hydroxyl groups is 1. The van der Waals surface area contributed by atoms with Crippen molar-refractivity contribution >= 4 is 10.9 Å². The summed E-state index contributed by atoms with van der Waals surface area (Å²) in [6.07, 6.45) is 6.95. The molecule has 2 heterocycles. The zero-order chi connectivity index (χ0) is 22.0. The van der Waals surface area contributed by atoms with Crippen molar-refractivity contribution in [1.29, 1.82) is 0 Å². The molecule has 1 aliphatic heterocycles. The zero-order valence-electron chi connectivity index (χ0n) is 18.4. The molecular weight excluding hydrogens is 393 g/mol. The molecule has 3 aromatic rings. The standard InChI is InChI=1S/C25H28FNO2.CH4O/c1-16-13-19(5-7-23(16)26)27-24-8-6-20(28)15-21(24)22(14-17-3-2-4-17)25(27)18-9-11-29-12-10-18;1-2/h5-8,13,15,17-18,28H,2-4,9-12,14H2,1H3;2H,1H3. The van der Waals surface area contributed by atoms with Crippen LogP contribution >= 0.6 is 0 Å². The molecule has 1 saturated heterocycles. The van der Waals surface area contributed by atoms with Gasteiger partial charge in [0.25, 0.3) is 0 Å². The number of phenolic OH excluding ortho intramolecular Hbond substituents is 1. The fraction of sp³-hybridized carbons (Fsp3) is 0.462. The fourth-order valence-corrected chi connectivity index (χ4v) is 5.01. The first-order valence-electron chi connectivity index (χ1n) is 11.3. The predicted molar refractivity (Wildman–Crippen MR) is 122 cm³/mol. The maximum absolute atomic E-state index is 14.0. The van der Waals surface area contributed by atoms with Crippen molar-refractivity contribution in [1.82, 2.24) is 4.57 Å². The Labute approximate surface area is 183 Å². The number of benzene rings is 2. The third-order valence-electron chi connectivity index (χ3n) is 6.82. The number of nitrogens with zero attached hydrogens (tertiary/aromatic N) is 1. The summed E-state index contributed by atoms with van der Waals surface area (Å²) in [5.74, 6) is 1.27. The van der Waals surface area contributed by atoms with Gasteiger partial charge in [-0.2, -0.15) is 0 Å². The number of phenols is 1. The molecule has 0 spiro atoms. The Balaban J connectivity index is 0.00000112. The van der Waals surface area contributed by atoms with E-state index in [0.717, 1.165) is 62.1 Å². The average Bonchev–Trinajstić information content (AvgIpc) is 3.08. The van der Waals surface area contributed by atoms with Crippen molar-refractivity contribution in [3.05, 3.63) is 59.0 Å². The molecule has 5 heteroatoms. The maximum Gasteiger partial charge on any atom is 0.126 e. The molecule has 166 valence electrons. The molecular formula is C26H32FNO3. The van der Waals surface area contributed by atoms with Crippen molar-refractivity contribution in [3.63, 3.8) is 0 Å². The van der Waals surface area contributed by atoms with Crippen molar-refractivity contribution in [2.75, 3.05) is 20.3 Å². The lowest BCUT2D eigenvalue weighted by Crippen LogP contribution is -2.20. The van der Waals surface area contributed by atoms with Gasteiger partial charge >= 0.3 is 0 Å². The number of aromatic hydroxyl groups is 1. The topological polar surface area (TPSA) is 54.6 Å². The van der Waals surface area contributed by atoms with E-state index in [4.69, 9.17) is 9.84 Å². The average molecular weight is 426 g/mol. The van der Waals surface area contributed by atoms with E-state index in [2.05, 4.69) is 4.57 Å². The number of halogens is 1. The molecule has 2 fully saturated rings. The summed E-state index contributed by atoms with van der Waals surface area (Å²) in [7, 11) is 1.00. The van der Waals surface area contributed by atoms with Gasteiger partial charge in [-0.1, -0.05) is 19.3 Å². The van der Waals surface area contributed by atoms with Gasteiger partial charge in [-0.05, 0) is 79.6 Å². The molecule has 4 nitrogen and oxygen atoms in total. The van der Waals surface area contributed by atoms with E-state index in [9.17, 15) is 9.50 Å². The summed E-state index contributed by atoms with van der Waals surface area (Å²) in [6, 6.07) is 11.1. The third kappa shape index (κ3) is 4.21. The molecule has 0 bridgehead atoms. The lowest BCUT2D eigenvalue weighted by Gasteiger charge is -2.29. The lowest BCUT2D eigenvalue weighted by molar-refractivity contribution is 0.0840. The normalized spacial score (nSPS) is 17.3. The minimum Gasteiger partial charge on any atom is -0.508 e. The van der Waals surface area contributed by atoms with Gasteiger partial charge in [-0.15, -0.1) is 0 Å². The minimum atomic E-state index is -0.176. The van der Waals surface area contributed by atoms with Crippen LogP contribution in [0.25, 0.3) is 16.6 Å². The van der Waals surface area contributed by atoms with Crippen LogP contribution in [0.4, 0.5) is 4.39 Å². The van der Waals surface area contributed by atoms with Crippen LogP contribution in [-0.2, 0) is 11.2 Å². The van der Waals surface area contributed by atoms with E-state index in [0.29, 0.717) is 17.2 Å². The number of hydrogen-bond acceptors (Lipinski definition) is 3. The molecule has 5 rings (SSSR count). The number of aromatic nitrogens is 1. The highest BCUT2D eigenvalue weighted by Crippen LogP contribution is 2.42. The lowest BCUT2D eigenvalue weighted by atomic mass is 9.79. The molecule has 0 radical (unpaired) electrons. The second-order valence-electron chi connectivity index (χ2n) is 8.72. The predicted octanol–water partition coefficient (Wildman–Crippen LogP) is 5.63. The van der Waals surface area contributed by atoms with Gasteiger partial charge in [0, 0.05) is 43.0 Å². The van der Waals surface area contributed by atoms with Crippen molar-refractivity contribution < 1.29 is 19.3 Å². The molecule has 0 atom stereocenters. The number of hydrogen-bond donors (Lipinski definition) is 2. The van der Waals surface area contributed by atoms with Gasteiger partial charge < -0.3 is 19.5 Å². The fourth-order valence-electron chi connectivity index (χ4n) is 5.01. The minimum absolute atomic E-state index is 0.176. The van der Waals surface area contributed by atoms with Crippen LogP contribution in [-0.4, -0.2) is 35.1 Å². The Bertz CT molecular complexity index is 1050. The molecule has 2 N–H and O–H groups in total. The van der Waals surface area contributed by atoms with Crippen LogP contribution in [0.3, 0.4) is 0 Å². The van der Waals surface area contributed by atoms with Gasteiger partial charge in [0.15, 0.2) is 0 Å². The second-order valence-corrected chi connectivity index (χ2v) is 8.72. The van der Waals surface area contributed by atoms with Gasteiger partial charge in [0.1, 0.15) is 11.6 Å². The number of ether oxygens (including phenoxy) is 1. The molecule has 1 aliphatic carbocycles. The molecule has 1 aromatic heterocycles. The van der Waals surface area contributed by atoms with Crippen LogP contribution in [0.5, 0.6) is 5.75 Å². The summed E-state index contributed by atoms with van der Waals surface area (Å²) in [6.45, 7) is 3.38. The summed E-state index contributed by atoms with van der Waals surface area (Å²) in [4.78, 5) is 0. The molecule has 2 aromatic carbocycles. The van der Waals surface area contributed by atoms with E-state index in [1.54, 1.807) is 12.1 Å². The van der Waals surface area contributed by atoms with Crippen molar-refractivity contribution in [2.45, 2.75) is 51.4 Å². The van der Waals surface area contributed by atoms with E-state index in [1.807, 2.05) is 31.2 Å². The van der Waals surface area contributed by atoms with Crippen LogP contribution in [0, 0.1) is 18.7 Å². The Kier molecular flexibility index (Phi) is 6.63. The van der Waals surface area contributed by atoms with E-state index in [1.165, 1.54) is 30.5 Å². The van der Waals surface area contributed by atoms with Crippen LogP contribution < -0.4 is 0 Å². The van der Waals surface area contributed by atoms with Crippen molar-refractivity contribution in [3.8, 4) is 11.4 Å². The first-order valence-corrected chi connectivity index (χ1v) is 11.3. The van der Waals surface area contributed by atoms with Gasteiger partial charge in [-0.25, -0.2) is 4.39 Å². The van der Waals surface area contributed by atoms with Gasteiger partial charge in [-0.3, -0.25) is 0 Å². The highest BCUT2D eigenvalue weighted by molar-refractivity contribution is 5.89. The summed E-state index contributed by atoms with van der Waals surface area (Å²) in [5, 5.41) is 18.4. The monoisotopic (exact) mass is 425 g/mol. The van der Waals surface area contributed by atoms with E-state index in [-0.39, 0.29) is 5.82 Å². The summed E-state index contributed by atoms with van der Waals surface area (Å²) in [5.41, 5.74) is 5.47. The first kappa shape index (κ1) is 21.8. The van der Waals surface area contributed by atoms with Crippen LogP contribution in [0.15, 0.2) is 36.4 Å². The Hall–Kier alpha value is -2.37. The first-order chi connectivity index (χ1) is 15.1. The zero-order valence-corrected chi connectivity index (χ0v) is 18.4.